The highest BCUT2D eigenvalue weighted by atomic mass is 16.2. The molecule has 1 aromatic rings. The standard InChI is InChI=1S/C16H23N3O/c20-16-17-10-11-19(16)15-9-5-8-14(12-15)18-13-6-3-1-2-4-7-13/h5,8-9,12-13,18H,1-4,6-7,10-11H2,(H,17,20). The molecule has 1 heterocycles. The number of urea groups is 1. The van der Waals surface area contributed by atoms with Gasteiger partial charge in [-0.05, 0) is 31.0 Å². The summed E-state index contributed by atoms with van der Waals surface area (Å²) in [7, 11) is 0. The molecule has 0 spiro atoms. The van der Waals surface area contributed by atoms with E-state index >= 15 is 0 Å². The smallest absolute Gasteiger partial charge is 0.321 e. The lowest BCUT2D eigenvalue weighted by Gasteiger charge is -2.20. The van der Waals surface area contributed by atoms with Crippen molar-refractivity contribution in [2.24, 2.45) is 0 Å². The second-order valence-corrected chi connectivity index (χ2v) is 5.77. The van der Waals surface area contributed by atoms with E-state index in [0.29, 0.717) is 6.04 Å². The number of carbonyl (C=O) groups is 1. The van der Waals surface area contributed by atoms with Crippen LogP contribution in [0.3, 0.4) is 0 Å². The van der Waals surface area contributed by atoms with Gasteiger partial charge in [-0.25, -0.2) is 4.79 Å². The fourth-order valence-electron chi connectivity index (χ4n) is 3.14. The molecule has 4 nitrogen and oxygen atoms in total. The predicted molar refractivity (Wildman–Crippen MR) is 82.3 cm³/mol. The summed E-state index contributed by atoms with van der Waals surface area (Å²) in [4.78, 5) is 13.5. The van der Waals surface area contributed by atoms with Gasteiger partial charge >= 0.3 is 6.03 Å². The van der Waals surface area contributed by atoms with Crippen LogP contribution in [0.15, 0.2) is 24.3 Å². The lowest BCUT2D eigenvalue weighted by atomic mass is 10.1. The van der Waals surface area contributed by atoms with Gasteiger partial charge in [0.05, 0.1) is 0 Å². The van der Waals surface area contributed by atoms with Crippen LogP contribution < -0.4 is 15.5 Å². The first-order chi connectivity index (χ1) is 9.83. The van der Waals surface area contributed by atoms with Crippen molar-refractivity contribution in [3.8, 4) is 0 Å². The summed E-state index contributed by atoms with van der Waals surface area (Å²) in [5.74, 6) is 0. The van der Waals surface area contributed by atoms with E-state index in [9.17, 15) is 4.79 Å². The van der Waals surface area contributed by atoms with Gasteiger partial charge in [0.15, 0.2) is 0 Å². The minimum Gasteiger partial charge on any atom is -0.382 e. The maximum Gasteiger partial charge on any atom is 0.321 e. The topological polar surface area (TPSA) is 44.4 Å². The van der Waals surface area contributed by atoms with Gasteiger partial charge in [0.1, 0.15) is 0 Å². The van der Waals surface area contributed by atoms with Crippen LogP contribution in [0.25, 0.3) is 0 Å². The van der Waals surface area contributed by atoms with Crippen LogP contribution in [0.4, 0.5) is 16.2 Å². The van der Waals surface area contributed by atoms with E-state index in [2.05, 4.69) is 22.8 Å². The van der Waals surface area contributed by atoms with Gasteiger partial charge in [-0.3, -0.25) is 4.90 Å². The third-order valence-corrected chi connectivity index (χ3v) is 4.24. The van der Waals surface area contributed by atoms with Crippen molar-refractivity contribution in [3.05, 3.63) is 24.3 Å². The van der Waals surface area contributed by atoms with Gasteiger partial charge < -0.3 is 10.6 Å². The number of hydrogen-bond acceptors (Lipinski definition) is 2. The zero-order valence-corrected chi connectivity index (χ0v) is 11.9. The van der Waals surface area contributed by atoms with Gasteiger partial charge in [0, 0.05) is 30.5 Å². The zero-order valence-electron chi connectivity index (χ0n) is 11.9. The number of nitrogens with zero attached hydrogens (tertiary/aromatic N) is 1. The summed E-state index contributed by atoms with van der Waals surface area (Å²) in [6, 6.07) is 8.82. The first kappa shape index (κ1) is 13.3. The molecule has 2 aliphatic rings. The molecule has 0 radical (unpaired) electrons. The van der Waals surface area contributed by atoms with Gasteiger partial charge in [-0.1, -0.05) is 31.7 Å². The monoisotopic (exact) mass is 273 g/mol. The van der Waals surface area contributed by atoms with E-state index in [4.69, 9.17) is 0 Å². The number of rotatable bonds is 3. The van der Waals surface area contributed by atoms with Crippen LogP contribution in [-0.4, -0.2) is 25.2 Å². The average Bonchev–Trinajstić information content (AvgIpc) is 2.72. The molecule has 2 N–H and O–H groups in total. The molecule has 0 unspecified atom stereocenters. The van der Waals surface area contributed by atoms with Crippen molar-refractivity contribution < 1.29 is 4.79 Å². The molecule has 0 atom stereocenters. The molecule has 3 rings (SSSR count). The zero-order chi connectivity index (χ0) is 13.8. The van der Waals surface area contributed by atoms with Crippen LogP contribution in [0, 0.1) is 0 Å². The molecular formula is C16H23N3O. The highest BCUT2D eigenvalue weighted by molar-refractivity contribution is 5.94. The molecule has 1 aliphatic carbocycles. The maximum atomic E-state index is 11.7. The first-order valence-electron chi connectivity index (χ1n) is 7.75. The van der Waals surface area contributed by atoms with Crippen molar-refractivity contribution in [1.29, 1.82) is 0 Å². The Hall–Kier alpha value is -1.71. The van der Waals surface area contributed by atoms with Crippen molar-refractivity contribution >= 4 is 17.4 Å². The molecule has 20 heavy (non-hydrogen) atoms. The van der Waals surface area contributed by atoms with E-state index in [0.717, 1.165) is 24.5 Å². The molecule has 1 saturated carbocycles. The number of anilines is 2. The molecule has 1 aromatic carbocycles. The summed E-state index contributed by atoms with van der Waals surface area (Å²) >= 11 is 0. The Labute approximate surface area is 120 Å². The molecule has 1 saturated heterocycles. The fraction of sp³-hybridized carbons (Fsp3) is 0.562. The van der Waals surface area contributed by atoms with Gasteiger partial charge in [0.2, 0.25) is 0 Å². The lowest BCUT2D eigenvalue weighted by molar-refractivity contribution is 0.252. The maximum absolute atomic E-state index is 11.7. The molecule has 0 bridgehead atoms. The van der Waals surface area contributed by atoms with Crippen LogP contribution in [0.2, 0.25) is 0 Å². The van der Waals surface area contributed by atoms with Gasteiger partial charge in [-0.15, -0.1) is 0 Å². The van der Waals surface area contributed by atoms with Gasteiger partial charge in [-0.2, -0.15) is 0 Å². The number of nitrogens with one attached hydrogen (secondary N) is 2. The van der Waals surface area contributed by atoms with Crippen molar-refractivity contribution in [2.45, 2.75) is 44.6 Å². The van der Waals surface area contributed by atoms with E-state index in [-0.39, 0.29) is 6.03 Å². The van der Waals surface area contributed by atoms with Crippen LogP contribution >= 0.6 is 0 Å². The van der Waals surface area contributed by atoms with Crippen LogP contribution in [0.5, 0.6) is 0 Å². The molecule has 4 heteroatoms. The van der Waals surface area contributed by atoms with Crippen molar-refractivity contribution in [3.63, 3.8) is 0 Å². The highest BCUT2D eigenvalue weighted by Crippen LogP contribution is 2.24. The summed E-state index contributed by atoms with van der Waals surface area (Å²) in [5, 5.41) is 6.48. The van der Waals surface area contributed by atoms with E-state index in [1.165, 1.54) is 38.5 Å². The Balaban J connectivity index is 1.69. The van der Waals surface area contributed by atoms with Gasteiger partial charge in [0.25, 0.3) is 0 Å². The van der Waals surface area contributed by atoms with Crippen LogP contribution in [0.1, 0.15) is 38.5 Å². The largest absolute Gasteiger partial charge is 0.382 e. The van der Waals surface area contributed by atoms with Crippen LogP contribution in [-0.2, 0) is 0 Å². The minimum atomic E-state index is 0.0108. The molecular weight excluding hydrogens is 250 g/mol. The first-order valence-corrected chi connectivity index (χ1v) is 7.75. The summed E-state index contributed by atoms with van der Waals surface area (Å²) in [6.07, 6.45) is 7.90. The summed E-state index contributed by atoms with van der Waals surface area (Å²) < 4.78 is 0. The van der Waals surface area contributed by atoms with E-state index in [1.54, 1.807) is 4.90 Å². The van der Waals surface area contributed by atoms with Crippen molar-refractivity contribution in [2.75, 3.05) is 23.3 Å². The highest BCUT2D eigenvalue weighted by Gasteiger charge is 2.21. The third kappa shape index (κ3) is 3.06. The quantitative estimate of drug-likeness (QED) is 0.829. The average molecular weight is 273 g/mol. The third-order valence-electron chi connectivity index (χ3n) is 4.24. The van der Waals surface area contributed by atoms with E-state index < -0.39 is 0 Å². The molecule has 2 amide bonds. The summed E-state index contributed by atoms with van der Waals surface area (Å²) in [5.41, 5.74) is 2.12. The Morgan fingerprint density at radius 2 is 1.95 bits per heavy atom. The fourth-order valence-corrected chi connectivity index (χ4v) is 3.14. The molecule has 0 aromatic heterocycles. The Kier molecular flexibility index (Phi) is 4.09. The lowest BCUT2D eigenvalue weighted by Crippen LogP contribution is -2.27. The number of benzene rings is 1. The minimum absolute atomic E-state index is 0.0108. The SMILES string of the molecule is O=C1NCCN1c1cccc(NC2CCCCCC2)c1. The second-order valence-electron chi connectivity index (χ2n) is 5.77. The molecule has 1 aliphatic heterocycles. The Morgan fingerprint density at radius 1 is 1.15 bits per heavy atom. The Bertz CT molecular complexity index is 467. The molecule has 2 fully saturated rings. The second kappa shape index (κ2) is 6.16. The van der Waals surface area contributed by atoms with Crippen molar-refractivity contribution in [1.82, 2.24) is 5.32 Å². The number of hydrogen-bond donors (Lipinski definition) is 2. The van der Waals surface area contributed by atoms with E-state index in [1.807, 2.05) is 12.1 Å². The normalized spacial score (nSPS) is 20.6. The summed E-state index contributed by atoms with van der Waals surface area (Å²) in [6.45, 7) is 1.49. The Morgan fingerprint density at radius 3 is 2.65 bits per heavy atom. The predicted octanol–water partition coefficient (Wildman–Crippen LogP) is 3.35. The molecule has 108 valence electrons. The number of carbonyl (C=O) groups excluding carboxylic acids is 1. The number of amides is 2.